The van der Waals surface area contributed by atoms with E-state index in [1.54, 1.807) is 0 Å². The maximum atomic E-state index is 11.4. The summed E-state index contributed by atoms with van der Waals surface area (Å²) in [4.78, 5) is 11.4. The van der Waals surface area contributed by atoms with Gasteiger partial charge >= 0.3 is 0 Å². The summed E-state index contributed by atoms with van der Waals surface area (Å²) < 4.78 is 0. The predicted molar refractivity (Wildman–Crippen MR) is 71.0 cm³/mol. The Morgan fingerprint density at radius 3 is 2.59 bits per heavy atom. The van der Waals surface area contributed by atoms with Crippen LogP contribution >= 0.6 is 0 Å². The predicted octanol–water partition coefficient (Wildman–Crippen LogP) is 1.91. The fourth-order valence-corrected chi connectivity index (χ4v) is 1.70. The van der Waals surface area contributed by atoms with Crippen molar-refractivity contribution in [2.24, 2.45) is 0 Å². The zero-order chi connectivity index (χ0) is 12.5. The maximum absolute atomic E-state index is 11.4. The molecule has 0 aliphatic heterocycles. The Hall–Kier alpha value is -1.35. The molecule has 0 aliphatic carbocycles. The number of carbonyl (C=O) groups excluding carboxylic acids is 1. The van der Waals surface area contributed by atoms with Crippen LogP contribution in [0.25, 0.3) is 0 Å². The van der Waals surface area contributed by atoms with Crippen LogP contribution in [0.1, 0.15) is 31.2 Å². The summed E-state index contributed by atoms with van der Waals surface area (Å²) in [6.45, 7) is 3.67. The van der Waals surface area contributed by atoms with Crippen LogP contribution in [0.3, 0.4) is 0 Å². The van der Waals surface area contributed by atoms with E-state index in [0.29, 0.717) is 12.3 Å². The van der Waals surface area contributed by atoms with Gasteiger partial charge < -0.3 is 10.6 Å². The molecule has 94 valence electrons. The smallest absolute Gasteiger partial charge is 0.221 e. The quantitative estimate of drug-likeness (QED) is 0.756. The second-order valence-electron chi connectivity index (χ2n) is 4.30. The van der Waals surface area contributed by atoms with Gasteiger partial charge in [0.05, 0.1) is 0 Å². The lowest BCUT2D eigenvalue weighted by Gasteiger charge is -2.12. The van der Waals surface area contributed by atoms with E-state index in [1.165, 1.54) is 5.56 Å². The average Bonchev–Trinajstić information content (AvgIpc) is 2.37. The largest absolute Gasteiger partial charge is 0.356 e. The van der Waals surface area contributed by atoms with Gasteiger partial charge in [-0.15, -0.1) is 0 Å². The number of hydrogen-bond acceptors (Lipinski definition) is 2. The second kappa shape index (κ2) is 7.85. The van der Waals surface area contributed by atoms with Crippen molar-refractivity contribution in [2.45, 2.75) is 25.7 Å². The number of nitrogens with one attached hydrogen (secondary N) is 2. The monoisotopic (exact) mass is 234 g/mol. The summed E-state index contributed by atoms with van der Waals surface area (Å²) in [6.07, 6.45) is 1.53. The van der Waals surface area contributed by atoms with Gasteiger partial charge in [0.2, 0.25) is 5.91 Å². The number of amides is 1. The number of benzene rings is 1. The first-order valence-corrected chi connectivity index (χ1v) is 6.20. The molecule has 0 saturated carbocycles. The summed E-state index contributed by atoms with van der Waals surface area (Å²) in [7, 11) is 1.85. The first-order valence-electron chi connectivity index (χ1n) is 6.20. The van der Waals surface area contributed by atoms with Gasteiger partial charge in [0.1, 0.15) is 0 Å². The molecule has 17 heavy (non-hydrogen) atoms. The van der Waals surface area contributed by atoms with Crippen molar-refractivity contribution in [1.29, 1.82) is 0 Å². The fraction of sp³-hybridized carbons (Fsp3) is 0.500. The first-order chi connectivity index (χ1) is 8.24. The maximum Gasteiger partial charge on any atom is 0.221 e. The minimum absolute atomic E-state index is 0.125. The highest BCUT2D eigenvalue weighted by atomic mass is 16.1. The zero-order valence-electron chi connectivity index (χ0n) is 10.7. The topological polar surface area (TPSA) is 41.1 Å². The molecule has 1 aromatic rings. The van der Waals surface area contributed by atoms with Crippen LogP contribution in [-0.2, 0) is 4.79 Å². The summed E-state index contributed by atoms with van der Waals surface area (Å²) in [5.74, 6) is 0.611. The Balaban J connectivity index is 2.20. The van der Waals surface area contributed by atoms with E-state index in [1.807, 2.05) is 13.1 Å². The Labute approximate surface area is 104 Å². The number of rotatable bonds is 7. The van der Waals surface area contributed by atoms with Crippen LogP contribution in [0.2, 0.25) is 0 Å². The molecule has 1 atom stereocenters. The van der Waals surface area contributed by atoms with Crippen LogP contribution in [0.5, 0.6) is 0 Å². The van der Waals surface area contributed by atoms with Gasteiger partial charge in [-0.1, -0.05) is 37.3 Å². The van der Waals surface area contributed by atoms with E-state index < -0.39 is 0 Å². The highest BCUT2D eigenvalue weighted by Gasteiger charge is 2.05. The molecule has 0 bridgehead atoms. The van der Waals surface area contributed by atoms with E-state index in [2.05, 4.69) is 41.8 Å². The second-order valence-corrected chi connectivity index (χ2v) is 4.30. The van der Waals surface area contributed by atoms with Gasteiger partial charge in [-0.05, 0) is 24.9 Å². The standard InChI is InChI=1S/C14H22N2O/c1-12(13-6-4-3-5-7-13)8-11-16-14(17)9-10-15-2/h3-7,12,15H,8-11H2,1-2H3,(H,16,17). The summed E-state index contributed by atoms with van der Waals surface area (Å²) >= 11 is 0. The third-order valence-electron chi connectivity index (χ3n) is 2.87. The molecule has 0 spiro atoms. The lowest BCUT2D eigenvalue weighted by molar-refractivity contribution is -0.120. The third-order valence-corrected chi connectivity index (χ3v) is 2.87. The van der Waals surface area contributed by atoms with E-state index >= 15 is 0 Å². The Morgan fingerprint density at radius 2 is 1.94 bits per heavy atom. The number of hydrogen-bond donors (Lipinski definition) is 2. The van der Waals surface area contributed by atoms with Gasteiger partial charge in [-0.25, -0.2) is 0 Å². The molecule has 0 heterocycles. The van der Waals surface area contributed by atoms with Gasteiger partial charge in [-0.2, -0.15) is 0 Å². The van der Waals surface area contributed by atoms with Crippen molar-refractivity contribution in [1.82, 2.24) is 10.6 Å². The molecule has 3 heteroatoms. The van der Waals surface area contributed by atoms with Gasteiger partial charge in [-0.3, -0.25) is 4.79 Å². The first kappa shape index (κ1) is 13.7. The molecule has 1 rings (SSSR count). The fourth-order valence-electron chi connectivity index (χ4n) is 1.70. The van der Waals surface area contributed by atoms with Crippen LogP contribution in [0.15, 0.2) is 30.3 Å². The third kappa shape index (κ3) is 5.50. The Morgan fingerprint density at radius 1 is 1.24 bits per heavy atom. The van der Waals surface area contributed by atoms with E-state index in [4.69, 9.17) is 0 Å². The average molecular weight is 234 g/mol. The summed E-state index contributed by atoms with van der Waals surface area (Å²) in [6, 6.07) is 10.4. The normalized spacial score (nSPS) is 12.1. The highest BCUT2D eigenvalue weighted by molar-refractivity contribution is 5.75. The molecular weight excluding hydrogens is 212 g/mol. The highest BCUT2D eigenvalue weighted by Crippen LogP contribution is 2.17. The van der Waals surface area contributed by atoms with Gasteiger partial charge in [0.15, 0.2) is 0 Å². The van der Waals surface area contributed by atoms with E-state index in [0.717, 1.165) is 19.5 Å². The van der Waals surface area contributed by atoms with Crippen LogP contribution in [0, 0.1) is 0 Å². The molecular formula is C14H22N2O. The zero-order valence-corrected chi connectivity index (χ0v) is 10.7. The Kier molecular flexibility index (Phi) is 6.33. The van der Waals surface area contributed by atoms with Crippen molar-refractivity contribution in [3.05, 3.63) is 35.9 Å². The van der Waals surface area contributed by atoms with Crippen molar-refractivity contribution < 1.29 is 4.79 Å². The molecule has 2 N–H and O–H groups in total. The molecule has 1 unspecified atom stereocenters. The van der Waals surface area contributed by atoms with E-state index in [9.17, 15) is 4.79 Å². The SMILES string of the molecule is CNCCC(=O)NCCC(C)c1ccccc1. The van der Waals surface area contributed by atoms with Gasteiger partial charge in [0.25, 0.3) is 0 Å². The van der Waals surface area contributed by atoms with E-state index in [-0.39, 0.29) is 5.91 Å². The molecule has 1 aromatic carbocycles. The minimum Gasteiger partial charge on any atom is -0.356 e. The molecule has 3 nitrogen and oxygen atoms in total. The van der Waals surface area contributed by atoms with Crippen LogP contribution < -0.4 is 10.6 Å². The lowest BCUT2D eigenvalue weighted by atomic mass is 9.98. The molecule has 0 aromatic heterocycles. The molecule has 0 saturated heterocycles. The van der Waals surface area contributed by atoms with Crippen molar-refractivity contribution >= 4 is 5.91 Å². The van der Waals surface area contributed by atoms with Gasteiger partial charge in [0, 0.05) is 19.5 Å². The van der Waals surface area contributed by atoms with Crippen molar-refractivity contribution in [2.75, 3.05) is 20.1 Å². The summed E-state index contributed by atoms with van der Waals surface area (Å²) in [5.41, 5.74) is 1.33. The minimum atomic E-state index is 0.125. The molecule has 0 radical (unpaired) electrons. The van der Waals surface area contributed by atoms with Crippen molar-refractivity contribution in [3.63, 3.8) is 0 Å². The summed E-state index contributed by atoms with van der Waals surface area (Å²) in [5, 5.41) is 5.90. The molecule has 0 fully saturated rings. The Bertz CT molecular complexity index is 324. The van der Waals surface area contributed by atoms with Crippen molar-refractivity contribution in [3.8, 4) is 0 Å². The molecule has 1 amide bonds. The molecule has 0 aliphatic rings. The van der Waals surface area contributed by atoms with Crippen LogP contribution in [0.4, 0.5) is 0 Å². The number of carbonyl (C=O) groups is 1. The van der Waals surface area contributed by atoms with Crippen LogP contribution in [-0.4, -0.2) is 26.0 Å². The lowest BCUT2D eigenvalue weighted by Crippen LogP contribution is -2.28.